The lowest BCUT2D eigenvalue weighted by Crippen LogP contribution is -2.56. The van der Waals surface area contributed by atoms with E-state index in [0.717, 1.165) is 24.8 Å². The van der Waals surface area contributed by atoms with Gasteiger partial charge in [-0.2, -0.15) is 0 Å². The Hall–Kier alpha value is -0.0800. The van der Waals surface area contributed by atoms with Crippen LogP contribution in [-0.2, 0) is 4.74 Å². The summed E-state index contributed by atoms with van der Waals surface area (Å²) in [4.78, 5) is 0. The largest absolute Gasteiger partial charge is 0.377 e. The van der Waals surface area contributed by atoms with Crippen LogP contribution in [-0.4, -0.2) is 25.3 Å². The summed E-state index contributed by atoms with van der Waals surface area (Å²) in [5.41, 5.74) is -0.0224. The molecule has 108 valence electrons. The monoisotopic (exact) mass is 255 g/mol. The molecule has 4 atom stereocenters. The van der Waals surface area contributed by atoms with Gasteiger partial charge in [0.2, 0.25) is 0 Å². The maximum absolute atomic E-state index is 5.89. The minimum atomic E-state index is -0.0224. The lowest BCUT2D eigenvalue weighted by Gasteiger charge is -2.45. The van der Waals surface area contributed by atoms with Crippen LogP contribution in [0.1, 0.15) is 66.2 Å². The molecule has 0 aromatic carbocycles. The van der Waals surface area contributed by atoms with Gasteiger partial charge in [-0.15, -0.1) is 0 Å². The first-order chi connectivity index (χ1) is 8.62. The maximum atomic E-state index is 5.89. The molecule has 2 heteroatoms. The molecule has 0 spiro atoms. The van der Waals surface area contributed by atoms with E-state index in [9.17, 15) is 0 Å². The zero-order valence-electron chi connectivity index (χ0n) is 13.1. The molecule has 0 aromatic rings. The van der Waals surface area contributed by atoms with Crippen LogP contribution in [0.15, 0.2) is 0 Å². The number of hydrogen-bond acceptors (Lipinski definition) is 2. The van der Waals surface area contributed by atoms with Gasteiger partial charge in [-0.05, 0) is 38.1 Å². The summed E-state index contributed by atoms with van der Waals surface area (Å²) in [6, 6.07) is 0.503. The molecule has 1 rings (SSSR count). The van der Waals surface area contributed by atoms with Gasteiger partial charge in [0.1, 0.15) is 0 Å². The van der Waals surface area contributed by atoms with Crippen molar-refractivity contribution in [2.24, 2.45) is 11.8 Å². The van der Waals surface area contributed by atoms with E-state index in [0.29, 0.717) is 6.04 Å². The van der Waals surface area contributed by atoms with Crippen molar-refractivity contribution in [1.82, 2.24) is 5.32 Å². The first-order valence-corrected chi connectivity index (χ1v) is 7.91. The highest BCUT2D eigenvalue weighted by Gasteiger charge is 2.41. The first-order valence-electron chi connectivity index (χ1n) is 7.91. The molecule has 1 aliphatic carbocycles. The molecule has 1 N–H and O–H groups in total. The van der Waals surface area contributed by atoms with Gasteiger partial charge < -0.3 is 10.1 Å². The molecule has 0 saturated heterocycles. The number of rotatable bonds is 7. The first kappa shape index (κ1) is 16.0. The third kappa shape index (κ3) is 3.48. The van der Waals surface area contributed by atoms with Crippen molar-refractivity contribution in [1.29, 1.82) is 0 Å². The van der Waals surface area contributed by atoms with Gasteiger partial charge in [-0.25, -0.2) is 0 Å². The molecule has 1 fully saturated rings. The molecule has 1 saturated carbocycles. The third-order valence-electron chi connectivity index (χ3n) is 5.17. The Morgan fingerprint density at radius 3 is 2.39 bits per heavy atom. The van der Waals surface area contributed by atoms with Crippen molar-refractivity contribution >= 4 is 0 Å². The summed E-state index contributed by atoms with van der Waals surface area (Å²) >= 11 is 0. The normalized spacial score (nSPS) is 29.8. The minimum absolute atomic E-state index is 0.0224. The van der Waals surface area contributed by atoms with Gasteiger partial charge in [-0.1, -0.05) is 46.5 Å². The SMILES string of the molecule is CCNC(C1CCCCC1CC)C(C)(CC)OC. The maximum Gasteiger partial charge on any atom is 0.0803 e. The Morgan fingerprint density at radius 1 is 1.22 bits per heavy atom. The molecule has 0 amide bonds. The van der Waals surface area contributed by atoms with Gasteiger partial charge in [-0.3, -0.25) is 0 Å². The second kappa shape index (κ2) is 7.49. The zero-order valence-corrected chi connectivity index (χ0v) is 13.1. The predicted octanol–water partition coefficient (Wildman–Crippen LogP) is 4.00. The molecule has 0 aliphatic heterocycles. The molecular weight excluding hydrogens is 222 g/mol. The Kier molecular flexibility index (Phi) is 6.65. The van der Waals surface area contributed by atoms with Crippen molar-refractivity contribution in [2.75, 3.05) is 13.7 Å². The number of nitrogens with one attached hydrogen (secondary N) is 1. The van der Waals surface area contributed by atoms with Gasteiger partial charge in [0.15, 0.2) is 0 Å². The van der Waals surface area contributed by atoms with Gasteiger partial charge in [0.05, 0.1) is 5.60 Å². The molecule has 18 heavy (non-hydrogen) atoms. The highest BCUT2D eigenvalue weighted by atomic mass is 16.5. The van der Waals surface area contributed by atoms with Crippen molar-refractivity contribution in [3.8, 4) is 0 Å². The molecule has 0 aromatic heterocycles. The molecular formula is C16H33NO. The quantitative estimate of drug-likeness (QED) is 0.742. The zero-order chi connectivity index (χ0) is 13.6. The van der Waals surface area contributed by atoms with Crippen LogP contribution in [0.3, 0.4) is 0 Å². The highest BCUT2D eigenvalue weighted by Crippen LogP contribution is 2.39. The summed E-state index contributed by atoms with van der Waals surface area (Å²) < 4.78 is 5.89. The van der Waals surface area contributed by atoms with E-state index in [1.165, 1.54) is 32.1 Å². The van der Waals surface area contributed by atoms with Crippen molar-refractivity contribution in [3.63, 3.8) is 0 Å². The number of hydrogen-bond donors (Lipinski definition) is 1. The van der Waals surface area contributed by atoms with E-state index in [2.05, 4.69) is 33.0 Å². The summed E-state index contributed by atoms with van der Waals surface area (Å²) in [7, 11) is 1.87. The van der Waals surface area contributed by atoms with Gasteiger partial charge >= 0.3 is 0 Å². The minimum Gasteiger partial charge on any atom is -0.377 e. The number of methoxy groups -OCH3 is 1. The van der Waals surface area contributed by atoms with Gasteiger partial charge in [0.25, 0.3) is 0 Å². The summed E-state index contributed by atoms with van der Waals surface area (Å²) in [5, 5.41) is 3.73. The van der Waals surface area contributed by atoms with E-state index < -0.39 is 0 Å². The van der Waals surface area contributed by atoms with Crippen LogP contribution in [0, 0.1) is 11.8 Å². The fourth-order valence-corrected chi connectivity index (χ4v) is 3.71. The highest BCUT2D eigenvalue weighted by molar-refractivity contribution is 4.96. The fourth-order valence-electron chi connectivity index (χ4n) is 3.71. The average molecular weight is 255 g/mol. The Balaban J connectivity index is 2.87. The van der Waals surface area contributed by atoms with Crippen molar-refractivity contribution < 1.29 is 4.74 Å². The summed E-state index contributed by atoms with van der Waals surface area (Å²) in [5.74, 6) is 1.66. The number of ether oxygens (including phenoxy) is 1. The average Bonchev–Trinajstić information content (AvgIpc) is 2.44. The third-order valence-corrected chi connectivity index (χ3v) is 5.17. The van der Waals surface area contributed by atoms with E-state index in [1.807, 2.05) is 7.11 Å². The van der Waals surface area contributed by atoms with E-state index in [-0.39, 0.29) is 5.60 Å². The lowest BCUT2D eigenvalue weighted by atomic mass is 9.69. The Bertz CT molecular complexity index is 225. The summed E-state index contributed by atoms with van der Waals surface area (Å²) in [6.07, 6.45) is 7.99. The van der Waals surface area contributed by atoms with E-state index >= 15 is 0 Å². The molecule has 4 unspecified atom stereocenters. The van der Waals surface area contributed by atoms with E-state index in [4.69, 9.17) is 4.74 Å². The fraction of sp³-hybridized carbons (Fsp3) is 1.00. The predicted molar refractivity (Wildman–Crippen MR) is 78.9 cm³/mol. The van der Waals surface area contributed by atoms with Crippen LogP contribution < -0.4 is 5.32 Å². The van der Waals surface area contributed by atoms with Crippen LogP contribution >= 0.6 is 0 Å². The standard InChI is InChI=1S/C16H33NO/c1-6-13-11-9-10-12-14(13)15(17-8-3)16(4,7-2)18-5/h13-15,17H,6-12H2,1-5H3. The molecule has 2 nitrogen and oxygen atoms in total. The van der Waals surface area contributed by atoms with Crippen LogP contribution in [0.4, 0.5) is 0 Å². The summed E-state index contributed by atoms with van der Waals surface area (Å²) in [6.45, 7) is 10.1. The Labute approximate surface area is 114 Å². The second-order valence-electron chi connectivity index (χ2n) is 6.02. The molecule has 0 heterocycles. The number of likely N-dealkylation sites (N-methyl/N-ethyl adjacent to an activating group) is 1. The molecule has 0 bridgehead atoms. The molecule has 0 radical (unpaired) electrons. The van der Waals surface area contributed by atoms with E-state index in [1.54, 1.807) is 0 Å². The molecule has 1 aliphatic rings. The van der Waals surface area contributed by atoms with Crippen molar-refractivity contribution in [3.05, 3.63) is 0 Å². The van der Waals surface area contributed by atoms with Gasteiger partial charge in [0, 0.05) is 13.2 Å². The van der Waals surface area contributed by atoms with Crippen LogP contribution in [0.25, 0.3) is 0 Å². The smallest absolute Gasteiger partial charge is 0.0803 e. The lowest BCUT2D eigenvalue weighted by molar-refractivity contribution is -0.0589. The topological polar surface area (TPSA) is 21.3 Å². The van der Waals surface area contributed by atoms with Crippen molar-refractivity contribution in [2.45, 2.75) is 77.9 Å². The van der Waals surface area contributed by atoms with Crippen LogP contribution in [0.5, 0.6) is 0 Å². The Morgan fingerprint density at radius 2 is 1.89 bits per heavy atom. The van der Waals surface area contributed by atoms with Crippen LogP contribution in [0.2, 0.25) is 0 Å². The second-order valence-corrected chi connectivity index (χ2v) is 6.02.